The SMILES string of the molecule is CCN(CC)CCOc1ccccc1CNC(=O)C1CCNC1. The smallest absolute Gasteiger partial charge is 0.224 e. The minimum Gasteiger partial charge on any atom is -0.492 e. The molecular formula is C18H29N3O2. The van der Waals surface area contributed by atoms with Crippen LogP contribution in [0.3, 0.4) is 0 Å². The number of hydrogen-bond donors (Lipinski definition) is 2. The van der Waals surface area contributed by atoms with Crippen molar-refractivity contribution in [3.63, 3.8) is 0 Å². The lowest BCUT2D eigenvalue weighted by molar-refractivity contribution is -0.124. The minimum absolute atomic E-state index is 0.103. The number of para-hydroxylation sites is 1. The number of ether oxygens (including phenoxy) is 1. The first-order valence-corrected chi connectivity index (χ1v) is 8.66. The summed E-state index contributed by atoms with van der Waals surface area (Å²) >= 11 is 0. The van der Waals surface area contributed by atoms with E-state index in [4.69, 9.17) is 4.74 Å². The van der Waals surface area contributed by atoms with E-state index in [-0.39, 0.29) is 11.8 Å². The molecule has 0 bridgehead atoms. The molecule has 0 spiro atoms. The maximum absolute atomic E-state index is 12.1. The van der Waals surface area contributed by atoms with Gasteiger partial charge in [-0.3, -0.25) is 4.79 Å². The zero-order chi connectivity index (χ0) is 16.5. The largest absolute Gasteiger partial charge is 0.492 e. The lowest BCUT2D eigenvalue weighted by Crippen LogP contribution is -2.31. The number of carbonyl (C=O) groups is 1. The quantitative estimate of drug-likeness (QED) is 0.726. The summed E-state index contributed by atoms with van der Waals surface area (Å²) in [6.45, 7) is 10.2. The van der Waals surface area contributed by atoms with Gasteiger partial charge in [0.15, 0.2) is 0 Å². The molecule has 1 atom stereocenters. The number of rotatable bonds is 9. The third kappa shape index (κ3) is 5.52. The van der Waals surface area contributed by atoms with Crippen LogP contribution in [0.15, 0.2) is 24.3 Å². The number of nitrogens with zero attached hydrogens (tertiary/aromatic N) is 1. The van der Waals surface area contributed by atoms with Crippen LogP contribution >= 0.6 is 0 Å². The second kappa shape index (κ2) is 9.53. The zero-order valence-electron chi connectivity index (χ0n) is 14.3. The number of nitrogens with one attached hydrogen (secondary N) is 2. The monoisotopic (exact) mass is 319 g/mol. The number of benzene rings is 1. The fourth-order valence-electron chi connectivity index (χ4n) is 2.82. The average Bonchev–Trinajstić information content (AvgIpc) is 3.12. The number of carbonyl (C=O) groups excluding carboxylic acids is 1. The van der Waals surface area contributed by atoms with Crippen molar-refractivity contribution in [1.29, 1.82) is 0 Å². The highest BCUT2D eigenvalue weighted by atomic mass is 16.5. The number of likely N-dealkylation sites (N-methyl/N-ethyl adjacent to an activating group) is 1. The van der Waals surface area contributed by atoms with Crippen molar-refractivity contribution >= 4 is 5.91 Å². The van der Waals surface area contributed by atoms with Crippen molar-refractivity contribution in [3.8, 4) is 5.75 Å². The van der Waals surface area contributed by atoms with Gasteiger partial charge in [-0.2, -0.15) is 0 Å². The van der Waals surface area contributed by atoms with E-state index in [1.165, 1.54) is 0 Å². The topological polar surface area (TPSA) is 53.6 Å². The van der Waals surface area contributed by atoms with Crippen LogP contribution < -0.4 is 15.4 Å². The van der Waals surface area contributed by atoms with E-state index in [1.807, 2.05) is 24.3 Å². The first kappa shape index (κ1) is 17.8. The molecular weight excluding hydrogens is 290 g/mol. The molecule has 1 aromatic carbocycles. The van der Waals surface area contributed by atoms with Crippen molar-refractivity contribution in [1.82, 2.24) is 15.5 Å². The molecule has 0 aromatic heterocycles. The van der Waals surface area contributed by atoms with Gasteiger partial charge in [0, 0.05) is 25.2 Å². The van der Waals surface area contributed by atoms with E-state index in [0.29, 0.717) is 13.2 Å². The Morgan fingerprint density at radius 1 is 1.35 bits per heavy atom. The van der Waals surface area contributed by atoms with Gasteiger partial charge >= 0.3 is 0 Å². The Bertz CT molecular complexity index is 483. The normalized spacial score (nSPS) is 17.4. The molecule has 0 aliphatic carbocycles. The van der Waals surface area contributed by atoms with Crippen molar-refractivity contribution in [2.45, 2.75) is 26.8 Å². The van der Waals surface area contributed by atoms with Crippen molar-refractivity contribution in [2.75, 3.05) is 39.3 Å². The van der Waals surface area contributed by atoms with Crippen LogP contribution in [0, 0.1) is 5.92 Å². The third-order valence-electron chi connectivity index (χ3n) is 4.42. The molecule has 1 fully saturated rings. The van der Waals surface area contributed by atoms with E-state index < -0.39 is 0 Å². The first-order valence-electron chi connectivity index (χ1n) is 8.66. The second-order valence-corrected chi connectivity index (χ2v) is 5.89. The molecule has 5 nitrogen and oxygen atoms in total. The van der Waals surface area contributed by atoms with E-state index in [1.54, 1.807) is 0 Å². The summed E-state index contributed by atoms with van der Waals surface area (Å²) in [7, 11) is 0. The van der Waals surface area contributed by atoms with Crippen LogP contribution in [-0.4, -0.2) is 50.1 Å². The fraction of sp³-hybridized carbons (Fsp3) is 0.611. The summed E-state index contributed by atoms with van der Waals surface area (Å²) in [5.41, 5.74) is 1.03. The molecule has 1 aromatic rings. The summed E-state index contributed by atoms with van der Waals surface area (Å²) < 4.78 is 5.92. The Morgan fingerprint density at radius 3 is 2.83 bits per heavy atom. The molecule has 1 aliphatic heterocycles. The highest BCUT2D eigenvalue weighted by molar-refractivity contribution is 5.79. The molecule has 1 unspecified atom stereocenters. The Balaban J connectivity index is 1.83. The number of amides is 1. The molecule has 1 amide bonds. The Hall–Kier alpha value is -1.59. The highest BCUT2D eigenvalue weighted by Crippen LogP contribution is 2.18. The molecule has 5 heteroatoms. The highest BCUT2D eigenvalue weighted by Gasteiger charge is 2.22. The van der Waals surface area contributed by atoms with Gasteiger partial charge in [-0.05, 0) is 32.1 Å². The van der Waals surface area contributed by atoms with Crippen LogP contribution in [0.2, 0.25) is 0 Å². The molecule has 2 N–H and O–H groups in total. The van der Waals surface area contributed by atoms with Gasteiger partial charge < -0.3 is 20.3 Å². The van der Waals surface area contributed by atoms with Crippen LogP contribution in [0.1, 0.15) is 25.8 Å². The van der Waals surface area contributed by atoms with Gasteiger partial charge in [-0.25, -0.2) is 0 Å². The van der Waals surface area contributed by atoms with Crippen molar-refractivity contribution < 1.29 is 9.53 Å². The molecule has 1 aliphatic rings. The summed E-state index contributed by atoms with van der Waals surface area (Å²) in [5.74, 6) is 1.10. The van der Waals surface area contributed by atoms with Crippen LogP contribution in [0.5, 0.6) is 5.75 Å². The molecule has 1 heterocycles. The summed E-state index contributed by atoms with van der Waals surface area (Å²) in [5, 5.41) is 6.26. The predicted molar refractivity (Wildman–Crippen MR) is 92.5 cm³/mol. The Kier molecular flexibility index (Phi) is 7.36. The van der Waals surface area contributed by atoms with Crippen molar-refractivity contribution in [2.24, 2.45) is 5.92 Å². The number of hydrogen-bond acceptors (Lipinski definition) is 4. The average molecular weight is 319 g/mol. The van der Waals surface area contributed by atoms with E-state index >= 15 is 0 Å². The maximum atomic E-state index is 12.1. The van der Waals surface area contributed by atoms with Crippen LogP contribution in [-0.2, 0) is 11.3 Å². The molecule has 0 saturated carbocycles. The lowest BCUT2D eigenvalue weighted by Gasteiger charge is -2.19. The van der Waals surface area contributed by atoms with E-state index in [9.17, 15) is 4.79 Å². The second-order valence-electron chi connectivity index (χ2n) is 5.89. The Labute approximate surface area is 139 Å². The summed E-state index contributed by atoms with van der Waals surface area (Å²) in [6, 6.07) is 7.94. The Morgan fingerprint density at radius 2 is 2.13 bits per heavy atom. The fourth-order valence-corrected chi connectivity index (χ4v) is 2.82. The van der Waals surface area contributed by atoms with Gasteiger partial charge in [0.25, 0.3) is 0 Å². The van der Waals surface area contributed by atoms with Crippen LogP contribution in [0.4, 0.5) is 0 Å². The van der Waals surface area contributed by atoms with Crippen LogP contribution in [0.25, 0.3) is 0 Å². The molecule has 23 heavy (non-hydrogen) atoms. The molecule has 128 valence electrons. The summed E-state index contributed by atoms with van der Waals surface area (Å²) in [4.78, 5) is 14.4. The van der Waals surface area contributed by atoms with Gasteiger partial charge in [-0.1, -0.05) is 32.0 Å². The zero-order valence-corrected chi connectivity index (χ0v) is 14.3. The van der Waals surface area contributed by atoms with Gasteiger partial charge in [0.05, 0.1) is 5.92 Å². The predicted octanol–water partition coefficient (Wildman–Crippen LogP) is 1.63. The molecule has 0 radical (unpaired) electrons. The minimum atomic E-state index is 0.103. The maximum Gasteiger partial charge on any atom is 0.224 e. The lowest BCUT2D eigenvalue weighted by atomic mass is 10.1. The van der Waals surface area contributed by atoms with E-state index in [2.05, 4.69) is 29.4 Å². The standard InChI is InChI=1S/C18H29N3O2/c1-3-21(4-2)11-12-23-17-8-6-5-7-15(17)14-20-18(22)16-9-10-19-13-16/h5-8,16,19H,3-4,9-14H2,1-2H3,(H,20,22). The third-order valence-corrected chi connectivity index (χ3v) is 4.42. The van der Waals surface area contributed by atoms with Gasteiger partial charge in [-0.15, -0.1) is 0 Å². The molecule has 2 rings (SSSR count). The van der Waals surface area contributed by atoms with Crippen molar-refractivity contribution in [3.05, 3.63) is 29.8 Å². The van der Waals surface area contributed by atoms with Gasteiger partial charge in [0.2, 0.25) is 5.91 Å². The first-order chi connectivity index (χ1) is 11.2. The van der Waals surface area contributed by atoms with E-state index in [0.717, 1.165) is 50.5 Å². The van der Waals surface area contributed by atoms with Gasteiger partial charge in [0.1, 0.15) is 12.4 Å². The summed E-state index contributed by atoms with van der Waals surface area (Å²) in [6.07, 6.45) is 0.924. The molecule has 1 saturated heterocycles.